The number of hydrogen-bond donors (Lipinski definition) is 2. The fourth-order valence-corrected chi connectivity index (χ4v) is 8.04. The van der Waals surface area contributed by atoms with Gasteiger partial charge in [0.1, 0.15) is 5.60 Å². The van der Waals surface area contributed by atoms with Crippen molar-refractivity contribution in [3.05, 3.63) is 53.1 Å². The van der Waals surface area contributed by atoms with Gasteiger partial charge in [0.15, 0.2) is 0 Å². The first-order chi connectivity index (χ1) is 19.4. The molecular formula is C32H32N2O7. The minimum Gasteiger partial charge on any atom is -0.494 e. The molecule has 3 aromatic rings. The summed E-state index contributed by atoms with van der Waals surface area (Å²) < 4.78 is 19.4. The smallest absolute Gasteiger partial charge is 0.351 e. The van der Waals surface area contributed by atoms with Crippen molar-refractivity contribution in [1.29, 1.82) is 5.26 Å². The van der Waals surface area contributed by atoms with E-state index in [-0.39, 0.29) is 30.8 Å². The van der Waals surface area contributed by atoms with Crippen LogP contribution in [-0.2, 0) is 35.0 Å². The molecule has 4 atom stereocenters. The number of aromatic nitrogens is 1. The van der Waals surface area contributed by atoms with Gasteiger partial charge in [0.2, 0.25) is 17.4 Å². The Kier molecular flexibility index (Phi) is 4.95. The molecule has 0 radical (unpaired) electrons. The average Bonchev–Trinajstić information content (AvgIpc) is 3.62. The molecular weight excluding hydrogens is 524 g/mol. The first-order valence-corrected chi connectivity index (χ1v) is 14.1. The molecule has 1 aromatic heterocycles. The lowest BCUT2D eigenvalue weighted by Gasteiger charge is -2.35. The summed E-state index contributed by atoms with van der Waals surface area (Å²) >= 11 is 0. The average molecular weight is 557 g/mol. The van der Waals surface area contributed by atoms with Gasteiger partial charge < -0.3 is 24.4 Å². The van der Waals surface area contributed by atoms with Crippen LogP contribution in [0.25, 0.3) is 16.5 Å². The van der Waals surface area contributed by atoms with Gasteiger partial charge in [0.25, 0.3) is 0 Å². The van der Waals surface area contributed by atoms with E-state index in [4.69, 9.17) is 14.2 Å². The summed E-state index contributed by atoms with van der Waals surface area (Å²) in [6, 6.07) is 13.0. The minimum absolute atomic E-state index is 0.00831. The lowest BCUT2D eigenvalue weighted by Crippen LogP contribution is -2.49. The number of benzene rings is 2. The Morgan fingerprint density at radius 3 is 2.37 bits per heavy atom. The molecule has 4 bridgehead atoms. The van der Waals surface area contributed by atoms with Crippen molar-refractivity contribution in [3.63, 3.8) is 0 Å². The third-order valence-corrected chi connectivity index (χ3v) is 10.9. The first-order valence-electron chi connectivity index (χ1n) is 14.1. The highest BCUT2D eigenvalue weighted by molar-refractivity contribution is 5.95. The quantitative estimate of drug-likeness (QED) is 0.410. The Labute approximate surface area is 237 Å². The van der Waals surface area contributed by atoms with Crippen molar-refractivity contribution in [2.75, 3.05) is 6.61 Å². The van der Waals surface area contributed by atoms with Crippen LogP contribution in [0.15, 0.2) is 36.4 Å². The zero-order valence-corrected chi connectivity index (χ0v) is 23.5. The van der Waals surface area contributed by atoms with Gasteiger partial charge >= 0.3 is 11.9 Å². The van der Waals surface area contributed by atoms with E-state index in [2.05, 4.69) is 6.07 Å². The third kappa shape index (κ3) is 2.88. The summed E-state index contributed by atoms with van der Waals surface area (Å²) in [6.45, 7) is 7.50. The van der Waals surface area contributed by atoms with Gasteiger partial charge in [-0.3, -0.25) is 9.36 Å². The zero-order valence-electron chi connectivity index (χ0n) is 23.5. The molecule has 41 heavy (non-hydrogen) atoms. The van der Waals surface area contributed by atoms with Crippen LogP contribution in [0.2, 0.25) is 0 Å². The number of carbonyl (C=O) groups is 2. The number of nitrogens with zero attached hydrogens (tertiary/aromatic N) is 2. The van der Waals surface area contributed by atoms with Crippen molar-refractivity contribution >= 4 is 22.7 Å². The number of ether oxygens (including phenoxy) is 3. The normalized spacial score (nSPS) is 32.2. The molecule has 2 N–H and O–H groups in total. The highest BCUT2D eigenvalue weighted by atomic mass is 16.6. The molecule has 4 aliphatic rings. The second-order valence-corrected chi connectivity index (χ2v) is 12.9. The molecule has 0 amide bonds. The lowest BCUT2D eigenvalue weighted by molar-refractivity contribution is -0.184. The van der Waals surface area contributed by atoms with Crippen LogP contribution >= 0.6 is 0 Å². The van der Waals surface area contributed by atoms with Gasteiger partial charge in [-0.15, -0.1) is 0 Å². The number of rotatable bonds is 5. The van der Waals surface area contributed by atoms with E-state index in [0.717, 1.165) is 0 Å². The zero-order chi connectivity index (χ0) is 29.2. The standard InChI is InChI=1S/C32H32N2O7/c1-28(2)29(3)11-14-32(28,40-26(29)37)27(38)39-16-15-31-13-12-30(4,41-31)22-23(31)25(36)34(24(22)35)21-10-9-18(17-33)19-7-5-6-8-20(19)21/h5-10,35-36H,11-16H2,1-4H3/t29?,30-,31-,32?/m1/s1. The second kappa shape index (κ2) is 7.83. The van der Waals surface area contributed by atoms with Crippen LogP contribution < -0.4 is 0 Å². The van der Waals surface area contributed by atoms with Crippen LogP contribution in [0.5, 0.6) is 11.8 Å². The van der Waals surface area contributed by atoms with E-state index >= 15 is 0 Å². The van der Waals surface area contributed by atoms with Crippen LogP contribution in [0.3, 0.4) is 0 Å². The van der Waals surface area contributed by atoms with Crippen molar-refractivity contribution in [1.82, 2.24) is 4.57 Å². The highest BCUT2D eigenvalue weighted by Gasteiger charge is 2.76. The summed E-state index contributed by atoms with van der Waals surface area (Å²) in [5.74, 6) is -1.17. The van der Waals surface area contributed by atoms with E-state index in [1.165, 1.54) is 4.57 Å². The minimum atomic E-state index is -1.32. The number of fused-ring (bicyclic) bond motifs is 8. The van der Waals surface area contributed by atoms with Gasteiger partial charge in [0, 0.05) is 22.6 Å². The molecule has 1 aliphatic carbocycles. The Hall–Kier alpha value is -4.03. The fraction of sp³-hybridized carbons (Fsp3) is 0.469. The van der Waals surface area contributed by atoms with Crippen LogP contribution in [0.4, 0.5) is 0 Å². The number of aromatic hydroxyl groups is 2. The maximum atomic E-state index is 13.4. The Bertz CT molecular complexity index is 1730. The number of esters is 2. The molecule has 2 saturated heterocycles. The maximum absolute atomic E-state index is 13.4. The molecule has 7 rings (SSSR count). The molecule has 3 fully saturated rings. The van der Waals surface area contributed by atoms with Crippen LogP contribution in [0.1, 0.15) is 76.5 Å². The molecule has 3 aliphatic heterocycles. The first kappa shape index (κ1) is 25.9. The van der Waals surface area contributed by atoms with Crippen molar-refractivity contribution < 1.29 is 34.0 Å². The molecule has 2 aromatic carbocycles. The van der Waals surface area contributed by atoms with E-state index in [1.807, 2.05) is 52.0 Å². The van der Waals surface area contributed by atoms with E-state index < -0.39 is 33.6 Å². The van der Waals surface area contributed by atoms with Crippen molar-refractivity contribution in [3.8, 4) is 23.5 Å². The molecule has 1 saturated carbocycles. The van der Waals surface area contributed by atoms with Gasteiger partial charge in [-0.25, -0.2) is 4.79 Å². The van der Waals surface area contributed by atoms with Gasteiger partial charge in [-0.2, -0.15) is 5.26 Å². The van der Waals surface area contributed by atoms with E-state index in [0.29, 0.717) is 58.8 Å². The predicted octanol–water partition coefficient (Wildman–Crippen LogP) is 5.20. The SMILES string of the molecule is CC12CCC(C(=O)OCC[C@@]34CC[C@@](C)(O3)c3c4c(O)n(-c4ccc(C#N)c5ccccc45)c3O)(OC1=O)C2(C)C. The molecule has 4 heterocycles. The van der Waals surface area contributed by atoms with E-state index in [9.17, 15) is 25.1 Å². The third-order valence-electron chi connectivity index (χ3n) is 10.9. The molecule has 0 spiro atoms. The largest absolute Gasteiger partial charge is 0.494 e. The fourth-order valence-electron chi connectivity index (χ4n) is 8.04. The van der Waals surface area contributed by atoms with Gasteiger partial charge in [0.05, 0.1) is 46.1 Å². The Morgan fingerprint density at radius 1 is 1.00 bits per heavy atom. The topological polar surface area (TPSA) is 131 Å². The maximum Gasteiger partial charge on any atom is 0.351 e. The molecule has 212 valence electrons. The van der Waals surface area contributed by atoms with Gasteiger partial charge in [-0.05, 0) is 51.7 Å². The number of nitriles is 1. The van der Waals surface area contributed by atoms with Crippen LogP contribution in [0, 0.1) is 22.2 Å². The Morgan fingerprint density at radius 2 is 1.71 bits per heavy atom. The highest BCUT2D eigenvalue weighted by Crippen LogP contribution is 2.67. The van der Waals surface area contributed by atoms with Crippen LogP contribution in [-0.4, -0.2) is 38.9 Å². The predicted molar refractivity (Wildman–Crippen MR) is 146 cm³/mol. The van der Waals surface area contributed by atoms with Crippen molar-refractivity contribution in [2.45, 2.75) is 76.6 Å². The lowest BCUT2D eigenvalue weighted by atomic mass is 9.66. The summed E-state index contributed by atoms with van der Waals surface area (Å²) in [4.78, 5) is 26.1. The van der Waals surface area contributed by atoms with E-state index in [1.54, 1.807) is 12.1 Å². The van der Waals surface area contributed by atoms with Crippen molar-refractivity contribution in [2.24, 2.45) is 10.8 Å². The number of hydrogen-bond acceptors (Lipinski definition) is 8. The summed E-state index contributed by atoms with van der Waals surface area (Å²) in [6.07, 6.45) is 2.43. The molecule has 2 unspecified atom stereocenters. The summed E-state index contributed by atoms with van der Waals surface area (Å²) in [5.41, 5.74) is -2.50. The molecule has 9 nitrogen and oxygen atoms in total. The summed E-state index contributed by atoms with van der Waals surface area (Å²) in [7, 11) is 0. The monoisotopic (exact) mass is 556 g/mol. The summed E-state index contributed by atoms with van der Waals surface area (Å²) in [5, 5.41) is 34.2. The second-order valence-electron chi connectivity index (χ2n) is 12.9. The number of carbonyl (C=O) groups excluding carboxylic acids is 2. The Balaban J connectivity index is 1.23. The van der Waals surface area contributed by atoms with Gasteiger partial charge in [-0.1, -0.05) is 38.1 Å². The molecule has 9 heteroatoms.